The molecule has 1 aromatic rings. The van der Waals surface area contributed by atoms with Crippen LogP contribution in [-0.4, -0.2) is 0 Å². The van der Waals surface area contributed by atoms with Crippen molar-refractivity contribution in [1.82, 2.24) is 0 Å². The summed E-state index contributed by atoms with van der Waals surface area (Å²) in [4.78, 5) is 0. The third-order valence-electron chi connectivity index (χ3n) is 1.04. The molecule has 1 aromatic carbocycles. The second kappa shape index (κ2) is 3.62. The number of halogens is 5. The van der Waals surface area contributed by atoms with Crippen LogP contribution in [0.2, 0.25) is 5.02 Å². The van der Waals surface area contributed by atoms with E-state index >= 15 is 0 Å². The number of hydrogen-bond donors (Lipinski definition) is 0. The second-order valence-corrected chi connectivity index (χ2v) is 4.45. The van der Waals surface area contributed by atoms with Crippen LogP contribution in [0, 0.1) is 9.39 Å². The van der Waals surface area contributed by atoms with Crippen molar-refractivity contribution in [2.75, 3.05) is 0 Å². The summed E-state index contributed by atoms with van der Waals surface area (Å²) in [6, 6.07) is 2.94. The van der Waals surface area contributed by atoms with E-state index in [1.807, 2.05) is 0 Å². The first kappa shape index (κ1) is 9.12. The zero-order valence-electron chi connectivity index (χ0n) is 5.12. The molecule has 0 saturated heterocycles. The fourth-order valence-electron chi connectivity index (χ4n) is 0.586. The van der Waals surface area contributed by atoms with E-state index in [-0.39, 0.29) is 8.59 Å². The summed E-state index contributed by atoms with van der Waals surface area (Å²) in [7, 11) is 0. The number of benzene rings is 1. The molecule has 0 radical (unpaired) electrons. The Morgan fingerprint density at radius 1 is 1.27 bits per heavy atom. The van der Waals surface area contributed by atoms with Crippen LogP contribution >= 0.6 is 32.6 Å². The van der Waals surface area contributed by atoms with Gasteiger partial charge in [-0.15, -0.1) is 0 Å². The van der Waals surface area contributed by atoms with Gasteiger partial charge in [-0.2, -0.15) is 0 Å². The van der Waals surface area contributed by atoms with Crippen LogP contribution in [-0.2, 0) is 0 Å². The second-order valence-electron chi connectivity index (χ2n) is 1.76. The quantitative estimate of drug-likeness (QED) is 0.544. The van der Waals surface area contributed by atoms with E-state index in [9.17, 15) is 10.1 Å². The van der Waals surface area contributed by atoms with Crippen LogP contribution in [0.25, 0.3) is 0 Å². The fourth-order valence-corrected chi connectivity index (χ4v) is 2.11. The van der Waals surface area contributed by atoms with Crippen molar-refractivity contribution in [1.29, 1.82) is 0 Å². The zero-order valence-corrected chi connectivity index (χ0v) is 8.04. The predicted molar refractivity (Wildman–Crippen MR) is 46.3 cm³/mol. The van der Waals surface area contributed by atoms with Gasteiger partial charge in [0.05, 0.1) is 0 Å². The number of hydrogen-bond acceptors (Lipinski definition) is 0. The summed E-state index contributed by atoms with van der Waals surface area (Å²) in [5.74, 6) is -0.587. The Bertz CT molecular complexity index is 264. The summed E-state index contributed by atoms with van der Waals surface area (Å²) >= 11 is 1.30. The Balaban J connectivity index is 3.09. The molecule has 0 nitrogen and oxygen atoms in total. The van der Waals surface area contributed by atoms with Crippen molar-refractivity contribution in [3.8, 4) is 0 Å². The van der Waals surface area contributed by atoms with E-state index in [1.54, 1.807) is 0 Å². The summed E-state index contributed by atoms with van der Waals surface area (Å²) in [5.41, 5.74) is 0. The van der Waals surface area contributed by atoms with E-state index in [0.29, 0.717) is 0 Å². The van der Waals surface area contributed by atoms with Gasteiger partial charge in [0, 0.05) is 0 Å². The molecule has 0 atom stereocenters. The third-order valence-corrected chi connectivity index (χ3v) is 3.49. The predicted octanol–water partition coefficient (Wildman–Crippen LogP) is 3.92. The van der Waals surface area contributed by atoms with Gasteiger partial charge < -0.3 is 0 Å². The van der Waals surface area contributed by atoms with Gasteiger partial charge in [0.1, 0.15) is 0 Å². The van der Waals surface area contributed by atoms with E-state index < -0.39 is 26.8 Å². The van der Waals surface area contributed by atoms with Crippen molar-refractivity contribution < 1.29 is 10.1 Å². The summed E-state index contributed by atoms with van der Waals surface area (Å²) in [5, 5.41) is -0.166. The van der Waals surface area contributed by atoms with Crippen molar-refractivity contribution in [2.45, 2.75) is 0 Å². The van der Waals surface area contributed by atoms with Crippen molar-refractivity contribution in [2.24, 2.45) is 0 Å². The average Bonchev–Trinajstić information content (AvgIpc) is 1.85. The maximum atomic E-state index is 12.3. The average molecular weight is 294 g/mol. The van der Waals surface area contributed by atoms with E-state index in [0.717, 1.165) is 18.2 Å². The molecular weight excluding hydrogens is 291 g/mol. The molecule has 5 heteroatoms. The molecule has 0 aliphatic rings. The fraction of sp³-hybridized carbons (Fsp3) is 0. The molecular formula is C6H3ClF3I. The summed E-state index contributed by atoms with van der Waals surface area (Å²) in [6.45, 7) is 0. The van der Waals surface area contributed by atoms with Crippen molar-refractivity contribution >= 4 is 32.6 Å². The Morgan fingerprint density at radius 2 is 1.91 bits per heavy atom. The topological polar surface area (TPSA) is 0 Å². The van der Waals surface area contributed by atoms with Crippen LogP contribution in [0.1, 0.15) is 0 Å². The molecule has 0 saturated carbocycles. The van der Waals surface area contributed by atoms with Crippen LogP contribution < -0.4 is 0 Å². The Morgan fingerprint density at radius 3 is 2.36 bits per heavy atom. The number of rotatable bonds is 1. The first-order valence-corrected chi connectivity index (χ1v) is 5.68. The molecule has 0 bridgehead atoms. The van der Waals surface area contributed by atoms with Gasteiger partial charge >= 0.3 is 75.3 Å². The maximum absolute atomic E-state index is 12.3. The SMILES string of the molecule is Fc1ccc(I(F)F)c(Cl)c1. The molecule has 0 unspecified atom stereocenters. The first-order valence-electron chi connectivity index (χ1n) is 2.59. The van der Waals surface area contributed by atoms with E-state index in [4.69, 9.17) is 11.6 Å². The summed E-state index contributed by atoms with van der Waals surface area (Å²) in [6.07, 6.45) is 0. The van der Waals surface area contributed by atoms with Gasteiger partial charge in [0.25, 0.3) is 0 Å². The molecule has 0 N–H and O–H groups in total. The van der Waals surface area contributed by atoms with Crippen LogP contribution in [0.4, 0.5) is 10.1 Å². The van der Waals surface area contributed by atoms with Crippen LogP contribution in [0.3, 0.4) is 0 Å². The monoisotopic (exact) mass is 294 g/mol. The Hall–Kier alpha value is 0.0300. The molecule has 0 heterocycles. The van der Waals surface area contributed by atoms with Crippen LogP contribution in [0.15, 0.2) is 18.2 Å². The molecule has 0 aliphatic carbocycles. The Labute approximate surface area is 75.3 Å². The van der Waals surface area contributed by atoms with Crippen LogP contribution in [0.5, 0.6) is 0 Å². The minimum atomic E-state index is -4.05. The standard InChI is InChI=1S/C6H3ClF3I/c7-5-3-4(8)1-2-6(5)11(9)10/h1-3H. The van der Waals surface area contributed by atoms with Crippen molar-refractivity contribution in [3.63, 3.8) is 0 Å². The minimum absolute atomic E-state index is 0.166. The molecule has 0 spiro atoms. The normalized spacial score (nSPS) is 11.5. The first-order chi connectivity index (χ1) is 5.11. The van der Waals surface area contributed by atoms with Gasteiger partial charge in [-0.3, -0.25) is 0 Å². The molecule has 0 fully saturated rings. The van der Waals surface area contributed by atoms with Gasteiger partial charge in [-0.25, -0.2) is 0 Å². The van der Waals surface area contributed by atoms with Crippen molar-refractivity contribution in [3.05, 3.63) is 32.6 Å². The van der Waals surface area contributed by atoms with Gasteiger partial charge in [-0.05, 0) is 0 Å². The zero-order chi connectivity index (χ0) is 8.43. The molecule has 0 aromatic heterocycles. The molecule has 62 valence electrons. The van der Waals surface area contributed by atoms with E-state index in [1.165, 1.54) is 0 Å². The molecule has 0 amide bonds. The molecule has 1 rings (SSSR count). The summed E-state index contributed by atoms with van der Waals surface area (Å²) < 4.78 is 36.3. The molecule has 0 aliphatic heterocycles. The van der Waals surface area contributed by atoms with Gasteiger partial charge in [0.15, 0.2) is 0 Å². The van der Waals surface area contributed by atoms with Gasteiger partial charge in [0.2, 0.25) is 0 Å². The van der Waals surface area contributed by atoms with E-state index in [2.05, 4.69) is 0 Å². The Kier molecular flexibility index (Phi) is 3.00. The molecule has 11 heavy (non-hydrogen) atoms. The van der Waals surface area contributed by atoms with Gasteiger partial charge in [-0.1, -0.05) is 0 Å². The third kappa shape index (κ3) is 2.23.